The third-order valence-corrected chi connectivity index (χ3v) is 5.90. The van der Waals surface area contributed by atoms with Gasteiger partial charge in [-0.1, -0.05) is 23.7 Å². The van der Waals surface area contributed by atoms with Gasteiger partial charge in [0.2, 0.25) is 5.79 Å². The van der Waals surface area contributed by atoms with Gasteiger partial charge >= 0.3 is 5.97 Å². The minimum absolute atomic E-state index is 0.0262. The molecule has 5 atom stereocenters. The van der Waals surface area contributed by atoms with Gasteiger partial charge in [0, 0.05) is 32.7 Å². The second kappa shape index (κ2) is 8.06. The molecule has 27 heavy (non-hydrogen) atoms. The first-order valence-corrected chi connectivity index (χ1v) is 9.84. The van der Waals surface area contributed by atoms with Crippen molar-refractivity contribution in [2.24, 2.45) is 11.8 Å². The molecule has 4 rings (SSSR count). The highest BCUT2D eigenvalue weighted by Crippen LogP contribution is 2.44. The number of rotatable bonds is 6. The van der Waals surface area contributed by atoms with Crippen LogP contribution in [0.15, 0.2) is 36.4 Å². The second-order valence-electron chi connectivity index (χ2n) is 7.00. The minimum atomic E-state index is -0.963. The Bertz CT molecular complexity index is 720. The molecule has 6 nitrogen and oxygen atoms in total. The number of esters is 1. The van der Waals surface area contributed by atoms with Crippen LogP contribution in [0, 0.1) is 11.8 Å². The maximum Gasteiger partial charge on any atom is 0.306 e. The maximum atomic E-state index is 11.6. The average molecular weight is 413 g/mol. The summed E-state index contributed by atoms with van der Waals surface area (Å²) in [6.07, 6.45) is 4.91. The lowest BCUT2D eigenvalue weighted by molar-refractivity contribution is -0.141. The van der Waals surface area contributed by atoms with Crippen LogP contribution >= 0.6 is 21.1 Å². The van der Waals surface area contributed by atoms with Gasteiger partial charge in [-0.25, -0.2) is 0 Å². The summed E-state index contributed by atoms with van der Waals surface area (Å²) in [7, 11) is 2.32. The first-order valence-electron chi connectivity index (χ1n) is 8.99. The largest absolute Gasteiger partial charge is 0.488 e. The molecule has 3 fully saturated rings. The molecule has 146 valence electrons. The van der Waals surface area contributed by atoms with Crippen LogP contribution in [0.1, 0.15) is 12.8 Å². The molecular formula is C19H22ClO6P. The van der Waals surface area contributed by atoms with Crippen molar-refractivity contribution in [3.05, 3.63) is 41.4 Å². The summed E-state index contributed by atoms with van der Waals surface area (Å²) < 4.78 is 28.5. The fraction of sp³-hybridized carbons (Fsp3) is 0.526. The molecule has 1 aliphatic carbocycles. The van der Waals surface area contributed by atoms with Crippen molar-refractivity contribution in [2.45, 2.75) is 30.8 Å². The summed E-state index contributed by atoms with van der Waals surface area (Å²) >= 11 is 6.01. The molecule has 8 heteroatoms. The number of benzene rings is 1. The lowest BCUT2D eigenvalue weighted by Gasteiger charge is -2.25. The number of ether oxygens (including phenoxy) is 4. The summed E-state index contributed by atoms with van der Waals surface area (Å²) in [5.74, 6) is -0.286. The predicted octanol–water partition coefficient (Wildman–Crippen LogP) is 3.15. The van der Waals surface area contributed by atoms with E-state index < -0.39 is 5.79 Å². The molecule has 1 aromatic rings. The van der Waals surface area contributed by atoms with Crippen molar-refractivity contribution in [3.8, 4) is 5.75 Å². The quantitative estimate of drug-likeness (QED) is 0.406. The molecular weight excluding hydrogens is 391 g/mol. The Kier molecular flexibility index (Phi) is 5.72. The van der Waals surface area contributed by atoms with E-state index in [1.165, 1.54) is 0 Å². The Morgan fingerprint density at radius 2 is 2.15 bits per heavy atom. The van der Waals surface area contributed by atoms with E-state index in [-0.39, 0.29) is 36.6 Å². The van der Waals surface area contributed by atoms with Gasteiger partial charge in [0.1, 0.15) is 18.5 Å². The molecule has 0 radical (unpaired) electrons. The lowest BCUT2D eigenvalue weighted by Crippen LogP contribution is -2.35. The zero-order chi connectivity index (χ0) is 18.9. The molecule has 2 aliphatic heterocycles. The van der Waals surface area contributed by atoms with Crippen molar-refractivity contribution < 1.29 is 28.3 Å². The molecule has 0 bridgehead atoms. The Hall–Kier alpha value is -1.17. The normalized spacial score (nSPS) is 32.0. The van der Waals surface area contributed by atoms with Crippen LogP contribution in [-0.4, -0.2) is 43.8 Å². The Morgan fingerprint density at radius 1 is 1.33 bits per heavy atom. The standard InChI is InChI=1S/C19H22ClO6P/c20-12-2-1-3-13(8-12)22-11-19(23-6-7-24-19)5-4-14-15-9-18(21)25-16(15)10-17(14)26-27/h1-5,8,14-17H,6-7,9-11,27H2/b5-4+/t14-,15-,16?,17?/m1/s1. The fourth-order valence-corrected chi connectivity index (χ4v) is 4.48. The van der Waals surface area contributed by atoms with E-state index in [9.17, 15) is 4.79 Å². The van der Waals surface area contributed by atoms with Crippen molar-refractivity contribution in [3.63, 3.8) is 0 Å². The summed E-state index contributed by atoms with van der Waals surface area (Å²) in [4.78, 5) is 11.6. The van der Waals surface area contributed by atoms with E-state index >= 15 is 0 Å². The third-order valence-electron chi connectivity index (χ3n) is 5.31. The molecule has 0 amide bonds. The summed E-state index contributed by atoms with van der Waals surface area (Å²) in [6.45, 7) is 1.18. The monoisotopic (exact) mass is 412 g/mol. The average Bonchev–Trinajstić information content (AvgIpc) is 3.33. The number of carbonyl (C=O) groups excluding carboxylic acids is 1. The van der Waals surface area contributed by atoms with Crippen LogP contribution in [0.4, 0.5) is 0 Å². The Labute approximate surface area is 165 Å². The maximum absolute atomic E-state index is 11.6. The van der Waals surface area contributed by atoms with Gasteiger partial charge in [0.25, 0.3) is 0 Å². The highest BCUT2D eigenvalue weighted by Gasteiger charge is 2.50. The van der Waals surface area contributed by atoms with Crippen molar-refractivity contribution in [1.82, 2.24) is 0 Å². The second-order valence-corrected chi connectivity index (χ2v) is 7.71. The van der Waals surface area contributed by atoms with E-state index in [1.54, 1.807) is 12.1 Å². The molecule has 1 aromatic carbocycles. The van der Waals surface area contributed by atoms with Crippen LogP contribution in [-0.2, 0) is 23.5 Å². The van der Waals surface area contributed by atoms with Gasteiger partial charge in [-0.05, 0) is 24.3 Å². The molecule has 3 unspecified atom stereocenters. The molecule has 0 spiro atoms. The zero-order valence-corrected chi connectivity index (χ0v) is 16.6. The highest BCUT2D eigenvalue weighted by molar-refractivity contribution is 7.09. The first kappa shape index (κ1) is 19.2. The molecule has 3 aliphatic rings. The van der Waals surface area contributed by atoms with Gasteiger partial charge < -0.3 is 23.5 Å². The van der Waals surface area contributed by atoms with Gasteiger partial charge in [0.15, 0.2) is 0 Å². The Balaban J connectivity index is 1.47. The van der Waals surface area contributed by atoms with Crippen LogP contribution in [0.3, 0.4) is 0 Å². The van der Waals surface area contributed by atoms with E-state index in [0.717, 1.165) is 0 Å². The highest BCUT2D eigenvalue weighted by atomic mass is 35.5. The molecule has 2 saturated heterocycles. The smallest absolute Gasteiger partial charge is 0.306 e. The van der Waals surface area contributed by atoms with E-state index in [4.69, 9.17) is 35.1 Å². The van der Waals surface area contributed by atoms with Gasteiger partial charge in [-0.2, -0.15) is 0 Å². The summed E-state index contributed by atoms with van der Waals surface area (Å²) in [5, 5.41) is 0.605. The van der Waals surface area contributed by atoms with Gasteiger partial charge in [-0.15, -0.1) is 0 Å². The first-order chi connectivity index (χ1) is 13.1. The zero-order valence-electron chi connectivity index (χ0n) is 14.7. The minimum Gasteiger partial charge on any atom is -0.488 e. The lowest BCUT2D eigenvalue weighted by atomic mass is 9.91. The van der Waals surface area contributed by atoms with Crippen molar-refractivity contribution in [2.75, 3.05) is 19.8 Å². The number of hydrogen-bond acceptors (Lipinski definition) is 6. The molecule has 1 saturated carbocycles. The number of carbonyl (C=O) groups is 1. The molecule has 2 heterocycles. The fourth-order valence-electron chi connectivity index (χ4n) is 4.01. The van der Waals surface area contributed by atoms with Gasteiger partial charge in [0.05, 0.1) is 25.7 Å². The molecule has 0 aromatic heterocycles. The Morgan fingerprint density at radius 3 is 2.89 bits per heavy atom. The van der Waals surface area contributed by atoms with Crippen molar-refractivity contribution in [1.29, 1.82) is 0 Å². The number of fused-ring (bicyclic) bond motifs is 1. The van der Waals surface area contributed by atoms with Crippen molar-refractivity contribution >= 4 is 27.0 Å². The van der Waals surface area contributed by atoms with Crippen LogP contribution in [0.2, 0.25) is 5.02 Å². The topological polar surface area (TPSA) is 63.2 Å². The van der Waals surface area contributed by atoms with Crippen LogP contribution in [0.5, 0.6) is 5.75 Å². The van der Waals surface area contributed by atoms with E-state index in [0.29, 0.717) is 36.8 Å². The summed E-state index contributed by atoms with van der Waals surface area (Å²) in [5.41, 5.74) is 0. The third kappa shape index (κ3) is 4.15. The van der Waals surface area contributed by atoms with Crippen LogP contribution in [0.25, 0.3) is 0 Å². The van der Waals surface area contributed by atoms with E-state index in [1.807, 2.05) is 24.3 Å². The van der Waals surface area contributed by atoms with E-state index in [2.05, 4.69) is 9.47 Å². The van der Waals surface area contributed by atoms with Gasteiger partial charge in [-0.3, -0.25) is 4.79 Å². The number of halogens is 1. The predicted molar refractivity (Wildman–Crippen MR) is 101 cm³/mol. The van der Waals surface area contributed by atoms with Crippen LogP contribution < -0.4 is 4.74 Å². The SMILES string of the molecule is O=C1C[C@H]2C(CC(OP)[C@@H]2/C=C/C2(COc3cccc(Cl)c3)OCCO2)O1. The molecule has 0 N–H and O–H groups in total. The summed E-state index contributed by atoms with van der Waals surface area (Å²) in [6, 6.07) is 7.19. The number of hydrogen-bond donors (Lipinski definition) is 0.